The first-order valence-electron chi connectivity index (χ1n) is 9.91. The Balaban J connectivity index is 1.67. The molecule has 1 aliphatic rings. The van der Waals surface area contributed by atoms with Gasteiger partial charge in [-0.05, 0) is 24.8 Å². The topological polar surface area (TPSA) is 98.9 Å². The van der Waals surface area contributed by atoms with Crippen LogP contribution >= 0.6 is 0 Å². The molecule has 0 unspecified atom stereocenters. The minimum absolute atomic E-state index is 0.0915. The van der Waals surface area contributed by atoms with Gasteiger partial charge in [-0.1, -0.05) is 43.2 Å². The maximum atomic E-state index is 13.1. The van der Waals surface area contributed by atoms with E-state index in [1.54, 1.807) is 0 Å². The highest BCUT2D eigenvalue weighted by Crippen LogP contribution is 2.17. The second-order valence-electron chi connectivity index (χ2n) is 7.34. The van der Waals surface area contributed by atoms with Gasteiger partial charge >= 0.3 is 5.69 Å². The van der Waals surface area contributed by atoms with Gasteiger partial charge in [-0.3, -0.25) is 18.7 Å². The second-order valence-corrected chi connectivity index (χ2v) is 7.34. The molecule has 1 fully saturated rings. The molecule has 1 aliphatic carbocycles. The Hall–Kier alpha value is -3.29. The molecule has 0 radical (unpaired) electrons. The van der Waals surface area contributed by atoms with E-state index in [0.29, 0.717) is 6.42 Å². The van der Waals surface area contributed by atoms with Gasteiger partial charge in [0, 0.05) is 25.0 Å². The number of carbonyl (C=O) groups is 1. The van der Waals surface area contributed by atoms with Gasteiger partial charge in [0.05, 0.1) is 0 Å². The van der Waals surface area contributed by atoms with Crippen molar-refractivity contribution in [1.29, 1.82) is 0 Å². The average molecular weight is 393 g/mol. The Labute approximate surface area is 167 Å². The van der Waals surface area contributed by atoms with E-state index < -0.39 is 11.2 Å². The number of amides is 1. The summed E-state index contributed by atoms with van der Waals surface area (Å²) in [7, 11) is 0. The fourth-order valence-electron chi connectivity index (χ4n) is 3.84. The van der Waals surface area contributed by atoms with Crippen molar-refractivity contribution in [2.45, 2.75) is 51.2 Å². The summed E-state index contributed by atoms with van der Waals surface area (Å²) < 4.78 is 2.39. The van der Waals surface area contributed by atoms with Crippen LogP contribution in [0.3, 0.4) is 0 Å². The van der Waals surface area contributed by atoms with Crippen LogP contribution in [0.4, 0.5) is 0 Å². The predicted octanol–water partition coefficient (Wildman–Crippen LogP) is 1.25. The summed E-state index contributed by atoms with van der Waals surface area (Å²) in [5, 5.41) is 2.98. The van der Waals surface area contributed by atoms with Crippen molar-refractivity contribution >= 4 is 17.1 Å². The summed E-state index contributed by atoms with van der Waals surface area (Å²) in [5.41, 5.74) is 0.222. The van der Waals surface area contributed by atoms with Gasteiger partial charge in [0.1, 0.15) is 6.54 Å². The highest BCUT2D eigenvalue weighted by Gasteiger charge is 2.20. The normalized spacial score (nSPS) is 14.3. The fraction of sp³-hybridized carbons (Fsp3) is 0.381. The van der Waals surface area contributed by atoms with Crippen molar-refractivity contribution in [3.63, 3.8) is 0 Å². The number of nitrogens with one attached hydrogen (secondary N) is 1. The van der Waals surface area contributed by atoms with Gasteiger partial charge in [-0.2, -0.15) is 0 Å². The molecule has 8 nitrogen and oxygen atoms in total. The van der Waals surface area contributed by atoms with E-state index in [4.69, 9.17) is 0 Å². The molecule has 1 amide bonds. The lowest BCUT2D eigenvalue weighted by Crippen LogP contribution is -2.44. The highest BCUT2D eigenvalue weighted by atomic mass is 16.2. The number of nitrogens with zero attached hydrogens (tertiary/aromatic N) is 4. The van der Waals surface area contributed by atoms with Crippen molar-refractivity contribution in [1.82, 2.24) is 24.4 Å². The van der Waals surface area contributed by atoms with Gasteiger partial charge in [-0.25, -0.2) is 14.8 Å². The highest BCUT2D eigenvalue weighted by molar-refractivity contribution is 5.78. The Morgan fingerprint density at radius 3 is 2.52 bits per heavy atom. The minimum atomic E-state index is -0.541. The molecule has 0 bridgehead atoms. The van der Waals surface area contributed by atoms with Gasteiger partial charge in [0.2, 0.25) is 5.91 Å². The molecule has 2 heterocycles. The molecule has 0 atom stereocenters. The van der Waals surface area contributed by atoms with E-state index in [1.165, 1.54) is 17.0 Å². The van der Waals surface area contributed by atoms with E-state index in [1.807, 2.05) is 30.3 Å². The number of hydrogen-bond donors (Lipinski definition) is 1. The van der Waals surface area contributed by atoms with E-state index in [-0.39, 0.29) is 36.2 Å². The smallest absolute Gasteiger partial charge is 0.333 e. The maximum Gasteiger partial charge on any atom is 0.333 e. The molecule has 1 aromatic carbocycles. The van der Waals surface area contributed by atoms with Crippen LogP contribution in [0.15, 0.2) is 52.3 Å². The first-order chi connectivity index (χ1) is 14.1. The number of aryl methyl sites for hydroxylation is 1. The number of carbonyl (C=O) groups excluding carboxylic acids is 1. The molecule has 1 N–H and O–H groups in total. The molecule has 8 heteroatoms. The average Bonchev–Trinajstić information content (AvgIpc) is 3.25. The molecule has 150 valence electrons. The molecule has 1 saturated carbocycles. The first kappa shape index (κ1) is 19.0. The zero-order valence-electron chi connectivity index (χ0n) is 16.1. The van der Waals surface area contributed by atoms with E-state index in [9.17, 15) is 14.4 Å². The molecule has 4 rings (SSSR count). The summed E-state index contributed by atoms with van der Waals surface area (Å²) in [6, 6.07) is 9.78. The Morgan fingerprint density at radius 2 is 1.76 bits per heavy atom. The van der Waals surface area contributed by atoms with Crippen molar-refractivity contribution < 1.29 is 4.79 Å². The molecule has 3 aromatic rings. The standard InChI is InChI=1S/C21H23N5O3/c27-17(24-16-8-4-5-9-16)14-26-19-18(22-11-12-23-19)20(28)25(21(26)29)13-10-15-6-2-1-3-7-15/h1-3,6-7,11-12,16H,4-5,8-10,13-14H2,(H,24,27). The van der Waals surface area contributed by atoms with Gasteiger partial charge in [0.15, 0.2) is 11.2 Å². The molecule has 29 heavy (non-hydrogen) atoms. The van der Waals surface area contributed by atoms with Gasteiger partial charge in [0.25, 0.3) is 5.56 Å². The Bertz CT molecular complexity index is 1130. The van der Waals surface area contributed by atoms with Crippen LogP contribution in [-0.4, -0.2) is 31.1 Å². The van der Waals surface area contributed by atoms with E-state index >= 15 is 0 Å². The lowest BCUT2D eigenvalue weighted by Gasteiger charge is -2.15. The largest absolute Gasteiger partial charge is 0.352 e. The summed E-state index contributed by atoms with van der Waals surface area (Å²) in [4.78, 5) is 46.7. The zero-order valence-corrected chi connectivity index (χ0v) is 16.1. The third-order valence-electron chi connectivity index (χ3n) is 5.33. The van der Waals surface area contributed by atoms with Crippen LogP contribution in [0.25, 0.3) is 11.2 Å². The lowest BCUT2D eigenvalue weighted by molar-refractivity contribution is -0.122. The molecule has 0 aliphatic heterocycles. The Morgan fingerprint density at radius 1 is 1.03 bits per heavy atom. The maximum absolute atomic E-state index is 13.1. The Kier molecular flexibility index (Phi) is 5.50. The molecular formula is C21H23N5O3. The number of aromatic nitrogens is 4. The van der Waals surface area contributed by atoms with Crippen molar-refractivity contribution in [2.75, 3.05) is 0 Å². The lowest BCUT2D eigenvalue weighted by atomic mass is 10.1. The van der Waals surface area contributed by atoms with Crippen molar-refractivity contribution in [2.24, 2.45) is 0 Å². The third-order valence-corrected chi connectivity index (χ3v) is 5.33. The molecule has 0 spiro atoms. The first-order valence-corrected chi connectivity index (χ1v) is 9.91. The van der Waals surface area contributed by atoms with Crippen LogP contribution in [0.2, 0.25) is 0 Å². The van der Waals surface area contributed by atoms with Crippen LogP contribution in [-0.2, 0) is 24.3 Å². The summed E-state index contributed by atoms with van der Waals surface area (Å²) in [5.74, 6) is -0.251. The SMILES string of the molecule is O=C(Cn1c(=O)n(CCc2ccccc2)c(=O)c2nccnc21)NC1CCCC1. The second kappa shape index (κ2) is 8.38. The number of benzene rings is 1. The summed E-state index contributed by atoms with van der Waals surface area (Å²) >= 11 is 0. The number of rotatable bonds is 6. The number of hydrogen-bond acceptors (Lipinski definition) is 5. The van der Waals surface area contributed by atoms with Crippen LogP contribution in [0, 0.1) is 0 Å². The van der Waals surface area contributed by atoms with E-state index in [0.717, 1.165) is 35.8 Å². The van der Waals surface area contributed by atoms with Crippen LogP contribution < -0.4 is 16.6 Å². The van der Waals surface area contributed by atoms with Crippen LogP contribution in [0.1, 0.15) is 31.2 Å². The van der Waals surface area contributed by atoms with Crippen molar-refractivity contribution in [3.8, 4) is 0 Å². The van der Waals surface area contributed by atoms with Gasteiger partial charge in [-0.15, -0.1) is 0 Å². The quantitative estimate of drug-likeness (QED) is 0.680. The molecule has 2 aromatic heterocycles. The third kappa shape index (κ3) is 4.11. The number of fused-ring (bicyclic) bond motifs is 1. The predicted molar refractivity (Wildman–Crippen MR) is 109 cm³/mol. The monoisotopic (exact) mass is 393 g/mol. The molecular weight excluding hydrogens is 370 g/mol. The summed E-state index contributed by atoms with van der Waals surface area (Å²) in [6.45, 7) is 0.0224. The van der Waals surface area contributed by atoms with Crippen LogP contribution in [0.5, 0.6) is 0 Å². The van der Waals surface area contributed by atoms with E-state index in [2.05, 4.69) is 15.3 Å². The summed E-state index contributed by atoms with van der Waals surface area (Å²) in [6.07, 6.45) is 7.47. The molecule has 0 saturated heterocycles. The zero-order chi connectivity index (χ0) is 20.2. The van der Waals surface area contributed by atoms with Crippen molar-refractivity contribution in [3.05, 3.63) is 69.1 Å². The van der Waals surface area contributed by atoms with Gasteiger partial charge < -0.3 is 5.32 Å². The fourth-order valence-corrected chi connectivity index (χ4v) is 3.84. The minimum Gasteiger partial charge on any atom is -0.352 e.